The fourth-order valence-corrected chi connectivity index (χ4v) is 10.7. The second-order valence-corrected chi connectivity index (χ2v) is 17.0. The fourth-order valence-electron chi connectivity index (χ4n) is 10.7. The zero-order valence-corrected chi connectivity index (χ0v) is 34.5. The lowest BCUT2D eigenvalue weighted by Crippen LogP contribution is -2.37. The second kappa shape index (κ2) is 17.1. The lowest BCUT2D eigenvalue weighted by atomic mass is 9.85. The van der Waals surface area contributed by atoms with Gasteiger partial charge in [-0.3, -0.25) is 24.1 Å². The smallest absolute Gasteiger partial charge is 0.371 e. The molecule has 4 amide bonds. The van der Waals surface area contributed by atoms with Gasteiger partial charge in [-0.1, -0.05) is 78.9 Å². The van der Waals surface area contributed by atoms with Gasteiger partial charge < -0.3 is 23.8 Å². The Bertz CT molecular complexity index is 2160. The number of Topliss-reactive ketones (excluding diaryl/α,β-unsaturated/α-hetero) is 1. The molecule has 4 fully saturated rings. The van der Waals surface area contributed by atoms with Gasteiger partial charge >= 0.3 is 5.97 Å². The molecule has 0 radical (unpaired) electrons. The Labute approximate surface area is 350 Å². The average molecular weight is 817 g/mol. The monoisotopic (exact) mass is 816 g/mol. The van der Waals surface area contributed by atoms with Crippen molar-refractivity contribution in [3.8, 4) is 17.2 Å². The first kappa shape index (κ1) is 41.0. The highest BCUT2D eigenvalue weighted by Gasteiger charge is 2.59. The molecular formula is C48H52N2O10. The van der Waals surface area contributed by atoms with E-state index in [1.54, 1.807) is 11.8 Å². The summed E-state index contributed by atoms with van der Waals surface area (Å²) < 4.78 is 17.9. The SMILES string of the molecule is COc1c(OC)c2c(c(OC)c1C(=O)ON1C(=O)CCC1=O)C(/C=C\C1CC(/C=C\CCC(C)=O)[C@@H](CN3C(=O)C4C5C=CC(C5)C4C3=O)C1)CC2/C=C\c1ccccc1. The zero-order chi connectivity index (χ0) is 42.2. The molecule has 314 valence electrons. The predicted octanol–water partition coefficient (Wildman–Crippen LogP) is 7.15. The molecule has 8 unspecified atom stereocenters. The Hall–Kier alpha value is -5.78. The molecule has 9 atom stereocenters. The summed E-state index contributed by atoms with van der Waals surface area (Å²) in [5.41, 5.74) is 2.41. The van der Waals surface area contributed by atoms with E-state index in [-0.39, 0.29) is 101 Å². The number of rotatable bonds is 15. The van der Waals surface area contributed by atoms with Crippen LogP contribution < -0.4 is 14.2 Å². The van der Waals surface area contributed by atoms with Gasteiger partial charge in [-0.05, 0) is 74.2 Å². The Morgan fingerprint density at radius 1 is 0.733 bits per heavy atom. The number of carbonyl (C=O) groups excluding carboxylic acids is 6. The molecule has 12 nitrogen and oxygen atoms in total. The normalized spacial score (nSPS) is 29.2. The highest BCUT2D eigenvalue weighted by Crippen LogP contribution is 2.58. The van der Waals surface area contributed by atoms with Gasteiger partial charge in [0.2, 0.25) is 11.8 Å². The number of hydrogen-bond donors (Lipinski definition) is 0. The Morgan fingerprint density at radius 3 is 2.00 bits per heavy atom. The van der Waals surface area contributed by atoms with Crippen LogP contribution in [-0.2, 0) is 28.8 Å². The molecule has 4 aliphatic carbocycles. The highest BCUT2D eigenvalue weighted by molar-refractivity contribution is 6.06. The Balaban J connectivity index is 1.12. The molecule has 2 heterocycles. The van der Waals surface area contributed by atoms with E-state index in [1.807, 2.05) is 36.4 Å². The van der Waals surface area contributed by atoms with Crippen LogP contribution in [0.3, 0.4) is 0 Å². The van der Waals surface area contributed by atoms with Crippen LogP contribution in [0.2, 0.25) is 0 Å². The summed E-state index contributed by atoms with van der Waals surface area (Å²) >= 11 is 0. The summed E-state index contributed by atoms with van der Waals surface area (Å²) in [4.78, 5) is 85.1. The molecular weight excluding hydrogens is 765 g/mol. The number of likely N-dealkylation sites (tertiary alicyclic amines) is 1. The Kier molecular flexibility index (Phi) is 11.7. The minimum atomic E-state index is -0.989. The summed E-state index contributed by atoms with van der Waals surface area (Å²) in [6.45, 7) is 1.95. The number of amides is 4. The van der Waals surface area contributed by atoms with Crippen LogP contribution in [0.4, 0.5) is 0 Å². The maximum Gasteiger partial charge on any atom is 0.371 e. The van der Waals surface area contributed by atoms with E-state index < -0.39 is 17.8 Å². The maximum atomic E-state index is 14.0. The number of allylic oxidation sites excluding steroid dienone is 7. The zero-order valence-electron chi connectivity index (χ0n) is 34.5. The fraction of sp³-hybridized carbons (Fsp3) is 0.458. The molecule has 60 heavy (non-hydrogen) atoms. The van der Waals surface area contributed by atoms with Crippen molar-refractivity contribution in [3.63, 3.8) is 0 Å². The first-order valence-corrected chi connectivity index (χ1v) is 21.1. The number of hydrogen-bond acceptors (Lipinski definition) is 10. The summed E-state index contributed by atoms with van der Waals surface area (Å²) in [6.07, 6.45) is 21.0. The number of ketones is 1. The number of benzene rings is 2. The van der Waals surface area contributed by atoms with E-state index in [9.17, 15) is 28.8 Å². The molecule has 0 aromatic heterocycles. The molecule has 2 aromatic carbocycles. The van der Waals surface area contributed by atoms with E-state index in [4.69, 9.17) is 19.0 Å². The number of ether oxygens (including phenoxy) is 3. The maximum absolute atomic E-state index is 14.0. The van der Waals surface area contributed by atoms with E-state index in [1.165, 1.54) is 21.3 Å². The molecule has 0 N–H and O–H groups in total. The number of hydroxylamine groups is 2. The van der Waals surface area contributed by atoms with Crippen LogP contribution in [-0.4, -0.2) is 73.2 Å². The molecule has 2 aromatic rings. The Morgan fingerprint density at radius 2 is 1.37 bits per heavy atom. The van der Waals surface area contributed by atoms with Gasteiger partial charge in [0, 0.05) is 48.8 Å². The number of methoxy groups -OCH3 is 3. The van der Waals surface area contributed by atoms with Crippen molar-refractivity contribution < 1.29 is 47.8 Å². The minimum Gasteiger partial charge on any atom is -0.495 e. The predicted molar refractivity (Wildman–Crippen MR) is 221 cm³/mol. The molecule has 2 bridgehead atoms. The first-order valence-electron chi connectivity index (χ1n) is 21.1. The van der Waals surface area contributed by atoms with Gasteiger partial charge in [0.15, 0.2) is 11.5 Å². The van der Waals surface area contributed by atoms with Crippen molar-refractivity contribution in [3.05, 3.63) is 95.1 Å². The van der Waals surface area contributed by atoms with Gasteiger partial charge in [0.1, 0.15) is 17.1 Å². The van der Waals surface area contributed by atoms with Gasteiger partial charge in [0.05, 0.1) is 33.2 Å². The van der Waals surface area contributed by atoms with Crippen LogP contribution in [0, 0.1) is 41.4 Å². The molecule has 12 heteroatoms. The van der Waals surface area contributed by atoms with E-state index in [0.29, 0.717) is 42.2 Å². The summed E-state index contributed by atoms with van der Waals surface area (Å²) in [5, 5.41) is 0.502. The van der Waals surface area contributed by atoms with Gasteiger partial charge in [0.25, 0.3) is 11.8 Å². The third-order valence-electron chi connectivity index (χ3n) is 13.4. The largest absolute Gasteiger partial charge is 0.495 e. The van der Waals surface area contributed by atoms with Crippen molar-refractivity contribution >= 4 is 41.5 Å². The van der Waals surface area contributed by atoms with Crippen molar-refractivity contribution in [2.75, 3.05) is 27.9 Å². The highest BCUT2D eigenvalue weighted by atomic mass is 16.7. The van der Waals surface area contributed by atoms with Crippen molar-refractivity contribution in [1.82, 2.24) is 9.96 Å². The van der Waals surface area contributed by atoms with Crippen molar-refractivity contribution in [1.29, 1.82) is 0 Å². The van der Waals surface area contributed by atoms with E-state index in [0.717, 1.165) is 30.4 Å². The number of nitrogens with zero attached hydrogens (tertiary/aromatic N) is 2. The van der Waals surface area contributed by atoms with Crippen LogP contribution in [0.5, 0.6) is 17.2 Å². The molecule has 6 aliphatic rings. The first-order chi connectivity index (χ1) is 29.0. The number of fused-ring (bicyclic) bond motifs is 6. The van der Waals surface area contributed by atoms with Crippen LogP contribution in [0.25, 0.3) is 6.08 Å². The summed E-state index contributed by atoms with van der Waals surface area (Å²) in [7, 11) is 4.37. The van der Waals surface area contributed by atoms with Crippen molar-refractivity contribution in [2.24, 2.45) is 41.4 Å². The van der Waals surface area contributed by atoms with Crippen LogP contribution >= 0.6 is 0 Å². The molecule has 2 saturated heterocycles. The molecule has 0 spiro atoms. The average Bonchev–Trinajstić information content (AvgIpc) is 4.11. The quantitative estimate of drug-likeness (QED) is 0.134. The second-order valence-electron chi connectivity index (χ2n) is 17.0. The summed E-state index contributed by atoms with van der Waals surface area (Å²) in [6, 6.07) is 9.92. The third kappa shape index (κ3) is 7.49. The topological polar surface area (TPSA) is 146 Å². The molecule has 2 aliphatic heterocycles. The van der Waals surface area contributed by atoms with Gasteiger partial charge in [-0.15, -0.1) is 5.06 Å². The van der Waals surface area contributed by atoms with Crippen molar-refractivity contribution in [2.45, 2.75) is 70.1 Å². The third-order valence-corrected chi connectivity index (χ3v) is 13.4. The summed E-state index contributed by atoms with van der Waals surface area (Å²) in [5.74, 6) is -2.00. The number of imide groups is 2. The van der Waals surface area contributed by atoms with Gasteiger partial charge in [-0.25, -0.2) is 4.79 Å². The lowest BCUT2D eigenvalue weighted by Gasteiger charge is -2.24. The van der Waals surface area contributed by atoms with E-state index >= 15 is 0 Å². The minimum absolute atomic E-state index is 0.0402. The lowest BCUT2D eigenvalue weighted by molar-refractivity contribution is -0.172. The van der Waals surface area contributed by atoms with Crippen LogP contribution in [0.15, 0.2) is 72.9 Å². The molecule has 8 rings (SSSR count). The van der Waals surface area contributed by atoms with Gasteiger partial charge in [-0.2, -0.15) is 0 Å². The van der Waals surface area contributed by atoms with Crippen LogP contribution in [0.1, 0.15) is 97.2 Å². The standard InChI is InChI=1S/C48H52N2O10/c1-27(51)10-8-9-13-30-22-29(23-35(30)26-49-46(54)40-33-18-19-34(25-33)41(40)47(49)55)15-17-31-24-32(16-14-28-11-6-5-7-12-28)39-38(31)43(57-2)42(45(59-4)44(39)58-3)48(56)60-50-36(52)20-21-37(50)53/h5-7,9,11-19,29-35,40-41H,8,10,20-26H2,1-4H3/b13-9-,16-14-,17-15-/t29?,30?,31?,32?,33?,34?,35-,40?,41?/m1/s1. The number of carbonyl (C=O) groups is 6. The molecule has 2 saturated carbocycles. The van der Waals surface area contributed by atoms with E-state index in [2.05, 4.69) is 42.5 Å².